The molecule has 0 unspecified atom stereocenters. The first kappa shape index (κ1) is 9.41. The molecule has 0 saturated carbocycles. The standard InChI is InChI=1S/C8H10N6O/c9-13-7-3-1-2-6(12-7)10-4-8-11-5-15-14-8/h1-3,5H,4,9H2,(H2,10,12,13). The number of nitrogens with zero attached hydrogens (tertiary/aromatic N) is 3. The molecular formula is C8H10N6O. The zero-order chi connectivity index (χ0) is 10.5. The zero-order valence-electron chi connectivity index (χ0n) is 7.84. The first-order valence-electron chi connectivity index (χ1n) is 4.31. The molecule has 7 nitrogen and oxygen atoms in total. The lowest BCUT2D eigenvalue weighted by molar-refractivity contribution is 0.411. The normalized spacial score (nSPS) is 9.93. The van der Waals surface area contributed by atoms with Gasteiger partial charge in [0.2, 0.25) is 6.39 Å². The van der Waals surface area contributed by atoms with Crippen molar-refractivity contribution in [3.63, 3.8) is 0 Å². The van der Waals surface area contributed by atoms with Crippen molar-refractivity contribution in [1.29, 1.82) is 0 Å². The maximum absolute atomic E-state index is 5.23. The first-order chi connectivity index (χ1) is 7.38. The van der Waals surface area contributed by atoms with Crippen LogP contribution in [-0.4, -0.2) is 15.1 Å². The Morgan fingerprint density at radius 2 is 2.20 bits per heavy atom. The number of anilines is 2. The summed E-state index contributed by atoms with van der Waals surface area (Å²) < 4.78 is 4.59. The van der Waals surface area contributed by atoms with Crippen molar-refractivity contribution >= 4 is 11.6 Å². The van der Waals surface area contributed by atoms with Gasteiger partial charge in [-0.3, -0.25) is 0 Å². The minimum Gasteiger partial charge on any atom is -0.363 e. The number of nitrogens with one attached hydrogen (secondary N) is 2. The van der Waals surface area contributed by atoms with Gasteiger partial charge in [-0.25, -0.2) is 10.8 Å². The molecule has 0 spiro atoms. The molecule has 7 heteroatoms. The van der Waals surface area contributed by atoms with E-state index in [0.717, 1.165) is 0 Å². The number of nitrogen functional groups attached to an aromatic ring is 1. The zero-order valence-corrected chi connectivity index (χ0v) is 7.84. The smallest absolute Gasteiger partial charge is 0.213 e. The van der Waals surface area contributed by atoms with Gasteiger partial charge in [-0.15, -0.1) is 0 Å². The molecule has 2 rings (SSSR count). The van der Waals surface area contributed by atoms with Crippen LogP contribution < -0.4 is 16.6 Å². The SMILES string of the molecule is NNc1cccc(NCc2ncon2)n1. The Morgan fingerprint density at radius 3 is 2.93 bits per heavy atom. The van der Waals surface area contributed by atoms with Gasteiger partial charge in [0.05, 0.1) is 6.54 Å². The van der Waals surface area contributed by atoms with Gasteiger partial charge in [0.25, 0.3) is 0 Å². The lowest BCUT2D eigenvalue weighted by Crippen LogP contribution is -2.10. The maximum atomic E-state index is 5.23. The molecule has 0 saturated heterocycles. The molecule has 0 amide bonds. The molecule has 78 valence electrons. The quantitative estimate of drug-likeness (QED) is 0.490. The van der Waals surface area contributed by atoms with Gasteiger partial charge in [0.1, 0.15) is 11.6 Å². The summed E-state index contributed by atoms with van der Waals surface area (Å²) in [7, 11) is 0. The molecule has 0 radical (unpaired) electrons. The Balaban J connectivity index is 1.98. The highest BCUT2D eigenvalue weighted by atomic mass is 16.5. The lowest BCUT2D eigenvalue weighted by atomic mass is 10.4. The Kier molecular flexibility index (Phi) is 2.75. The fraction of sp³-hybridized carbons (Fsp3) is 0.125. The Morgan fingerprint density at radius 1 is 1.33 bits per heavy atom. The minimum absolute atomic E-state index is 0.456. The highest BCUT2D eigenvalue weighted by Crippen LogP contribution is 2.08. The first-order valence-corrected chi connectivity index (χ1v) is 4.31. The monoisotopic (exact) mass is 206 g/mol. The van der Waals surface area contributed by atoms with Crippen LogP contribution in [0.5, 0.6) is 0 Å². The molecule has 0 aliphatic rings. The van der Waals surface area contributed by atoms with E-state index >= 15 is 0 Å². The van der Waals surface area contributed by atoms with E-state index in [-0.39, 0.29) is 0 Å². The Hall–Kier alpha value is -2.15. The predicted molar refractivity (Wildman–Crippen MR) is 53.7 cm³/mol. The summed E-state index contributed by atoms with van der Waals surface area (Å²) >= 11 is 0. The summed E-state index contributed by atoms with van der Waals surface area (Å²) in [4.78, 5) is 8.02. The van der Waals surface area contributed by atoms with Crippen molar-refractivity contribution < 1.29 is 4.52 Å². The van der Waals surface area contributed by atoms with Crippen molar-refractivity contribution in [2.75, 3.05) is 10.7 Å². The van der Waals surface area contributed by atoms with Gasteiger partial charge in [-0.1, -0.05) is 11.2 Å². The molecule has 0 atom stereocenters. The largest absolute Gasteiger partial charge is 0.363 e. The summed E-state index contributed by atoms with van der Waals surface area (Å²) in [6, 6.07) is 5.42. The highest BCUT2D eigenvalue weighted by molar-refractivity contribution is 5.44. The van der Waals surface area contributed by atoms with E-state index in [1.54, 1.807) is 6.07 Å². The van der Waals surface area contributed by atoms with E-state index in [1.807, 2.05) is 12.1 Å². The number of hydrogen-bond acceptors (Lipinski definition) is 7. The third-order valence-corrected chi connectivity index (χ3v) is 1.73. The number of hydrogen-bond donors (Lipinski definition) is 3. The van der Waals surface area contributed by atoms with Crippen LogP contribution in [0.15, 0.2) is 29.1 Å². The van der Waals surface area contributed by atoms with E-state index in [9.17, 15) is 0 Å². The van der Waals surface area contributed by atoms with E-state index in [2.05, 4.69) is 30.4 Å². The minimum atomic E-state index is 0.456. The molecule has 0 fully saturated rings. The lowest BCUT2D eigenvalue weighted by Gasteiger charge is -2.04. The highest BCUT2D eigenvalue weighted by Gasteiger charge is 1.99. The summed E-state index contributed by atoms with van der Waals surface area (Å²) in [5.74, 6) is 7.08. The van der Waals surface area contributed by atoms with Crippen LogP contribution in [0.25, 0.3) is 0 Å². The number of aromatic nitrogens is 3. The third kappa shape index (κ3) is 2.41. The summed E-state index contributed by atoms with van der Waals surface area (Å²) in [5.41, 5.74) is 2.46. The van der Waals surface area contributed by atoms with Gasteiger partial charge >= 0.3 is 0 Å². The number of pyridine rings is 1. The summed E-state index contributed by atoms with van der Waals surface area (Å²) in [5, 5.41) is 6.69. The van der Waals surface area contributed by atoms with Crippen LogP contribution >= 0.6 is 0 Å². The Bertz CT molecular complexity index is 415. The number of nitrogens with two attached hydrogens (primary N) is 1. The second-order valence-electron chi connectivity index (χ2n) is 2.75. The molecule has 4 N–H and O–H groups in total. The summed E-state index contributed by atoms with van der Waals surface area (Å²) in [6.45, 7) is 0.456. The van der Waals surface area contributed by atoms with Crippen LogP contribution in [-0.2, 0) is 6.54 Å². The molecule has 0 bridgehead atoms. The average Bonchev–Trinajstić information content (AvgIpc) is 2.79. The second-order valence-corrected chi connectivity index (χ2v) is 2.75. The maximum Gasteiger partial charge on any atom is 0.213 e. The topological polar surface area (TPSA) is 102 Å². The fourth-order valence-corrected chi connectivity index (χ4v) is 1.05. The van der Waals surface area contributed by atoms with E-state index in [1.165, 1.54) is 6.39 Å². The van der Waals surface area contributed by atoms with Gasteiger partial charge in [-0.05, 0) is 12.1 Å². The van der Waals surface area contributed by atoms with E-state index in [0.29, 0.717) is 24.0 Å². The Labute approximate surface area is 85.7 Å². The molecule has 0 aliphatic heterocycles. The van der Waals surface area contributed by atoms with E-state index < -0.39 is 0 Å². The van der Waals surface area contributed by atoms with Crippen LogP contribution in [0.3, 0.4) is 0 Å². The molecule has 2 aromatic heterocycles. The average molecular weight is 206 g/mol. The molecule has 2 heterocycles. The van der Waals surface area contributed by atoms with Crippen LogP contribution in [0.1, 0.15) is 5.82 Å². The van der Waals surface area contributed by atoms with Gasteiger partial charge < -0.3 is 15.3 Å². The number of hydrazine groups is 1. The molecule has 15 heavy (non-hydrogen) atoms. The van der Waals surface area contributed by atoms with Crippen molar-refractivity contribution in [2.45, 2.75) is 6.54 Å². The van der Waals surface area contributed by atoms with Crippen molar-refractivity contribution in [3.05, 3.63) is 30.4 Å². The van der Waals surface area contributed by atoms with Gasteiger partial charge in [0.15, 0.2) is 5.82 Å². The van der Waals surface area contributed by atoms with Crippen molar-refractivity contribution in [2.24, 2.45) is 5.84 Å². The number of rotatable bonds is 4. The van der Waals surface area contributed by atoms with Crippen LogP contribution in [0.4, 0.5) is 11.6 Å². The third-order valence-electron chi connectivity index (χ3n) is 1.73. The summed E-state index contributed by atoms with van der Waals surface area (Å²) in [6.07, 6.45) is 1.28. The fourth-order valence-electron chi connectivity index (χ4n) is 1.05. The van der Waals surface area contributed by atoms with Crippen molar-refractivity contribution in [1.82, 2.24) is 15.1 Å². The molecule has 2 aromatic rings. The van der Waals surface area contributed by atoms with Crippen LogP contribution in [0, 0.1) is 0 Å². The predicted octanol–water partition coefficient (Wildman–Crippen LogP) is 0.362. The van der Waals surface area contributed by atoms with E-state index in [4.69, 9.17) is 5.84 Å². The van der Waals surface area contributed by atoms with Crippen LogP contribution in [0.2, 0.25) is 0 Å². The van der Waals surface area contributed by atoms with Gasteiger partial charge in [0, 0.05) is 0 Å². The molecular weight excluding hydrogens is 196 g/mol. The second kappa shape index (κ2) is 4.38. The molecule has 0 aliphatic carbocycles. The molecule has 0 aromatic carbocycles. The van der Waals surface area contributed by atoms with Crippen molar-refractivity contribution in [3.8, 4) is 0 Å². The van der Waals surface area contributed by atoms with Gasteiger partial charge in [-0.2, -0.15) is 4.98 Å².